The molecular formula is C14H23N5O. The molecule has 0 fully saturated rings. The third-order valence-corrected chi connectivity index (χ3v) is 3.20. The zero-order valence-corrected chi connectivity index (χ0v) is 12.7. The van der Waals surface area contributed by atoms with E-state index in [2.05, 4.69) is 26.2 Å². The lowest BCUT2D eigenvalue weighted by molar-refractivity contribution is 0.190. The van der Waals surface area contributed by atoms with Gasteiger partial charge in [-0.25, -0.2) is 4.98 Å². The van der Waals surface area contributed by atoms with Gasteiger partial charge in [-0.2, -0.15) is 5.10 Å². The normalized spacial score (nSPS) is 11.0. The van der Waals surface area contributed by atoms with E-state index in [1.54, 1.807) is 7.11 Å². The quantitative estimate of drug-likeness (QED) is 0.785. The molecule has 2 rings (SSSR count). The van der Waals surface area contributed by atoms with Crippen molar-refractivity contribution in [3.8, 4) is 0 Å². The van der Waals surface area contributed by atoms with E-state index in [0.717, 1.165) is 43.5 Å². The molecule has 20 heavy (non-hydrogen) atoms. The minimum absolute atomic E-state index is 0.737. The van der Waals surface area contributed by atoms with Crippen molar-refractivity contribution < 1.29 is 4.74 Å². The Balaban J connectivity index is 1.99. The molecule has 0 amide bonds. The summed E-state index contributed by atoms with van der Waals surface area (Å²) >= 11 is 0. The van der Waals surface area contributed by atoms with Gasteiger partial charge in [0.1, 0.15) is 0 Å². The molecule has 2 aromatic rings. The van der Waals surface area contributed by atoms with Crippen molar-refractivity contribution in [3.05, 3.63) is 29.3 Å². The van der Waals surface area contributed by atoms with Crippen molar-refractivity contribution in [3.63, 3.8) is 0 Å². The van der Waals surface area contributed by atoms with Crippen molar-refractivity contribution in [2.24, 2.45) is 7.05 Å². The second-order valence-electron chi connectivity index (χ2n) is 5.01. The topological polar surface area (TPSA) is 56.9 Å². The fraction of sp³-hybridized carbons (Fsp3) is 0.571. The maximum Gasteiger partial charge on any atom is 0.203 e. The van der Waals surface area contributed by atoms with Crippen LogP contribution in [0.5, 0.6) is 0 Å². The average Bonchev–Trinajstić information content (AvgIpc) is 2.90. The molecule has 0 radical (unpaired) electrons. The Labute approximate surface area is 119 Å². The molecule has 0 unspecified atom stereocenters. The Bertz CT molecular complexity index is 558. The second kappa shape index (κ2) is 6.56. The smallest absolute Gasteiger partial charge is 0.203 e. The fourth-order valence-corrected chi connectivity index (χ4v) is 2.23. The van der Waals surface area contributed by atoms with E-state index in [9.17, 15) is 0 Å². The predicted molar refractivity (Wildman–Crippen MR) is 78.7 cm³/mol. The first-order chi connectivity index (χ1) is 9.60. The van der Waals surface area contributed by atoms with Crippen LogP contribution in [0, 0.1) is 13.8 Å². The summed E-state index contributed by atoms with van der Waals surface area (Å²) in [7, 11) is 3.66. The van der Waals surface area contributed by atoms with Gasteiger partial charge >= 0.3 is 0 Å². The van der Waals surface area contributed by atoms with Gasteiger partial charge in [0.15, 0.2) is 0 Å². The van der Waals surface area contributed by atoms with E-state index < -0.39 is 0 Å². The number of hydrogen-bond acceptors (Lipinski definition) is 4. The Kier molecular flexibility index (Phi) is 4.79. The summed E-state index contributed by atoms with van der Waals surface area (Å²) in [6.45, 7) is 6.43. The van der Waals surface area contributed by atoms with Crippen LogP contribution < -0.4 is 5.32 Å². The minimum atomic E-state index is 0.737. The Morgan fingerprint density at radius 3 is 2.75 bits per heavy atom. The number of nitrogens with one attached hydrogen (secondary N) is 1. The molecule has 0 bridgehead atoms. The Morgan fingerprint density at radius 1 is 1.30 bits per heavy atom. The summed E-state index contributed by atoms with van der Waals surface area (Å²) in [5.74, 6) is 0.904. The Morgan fingerprint density at radius 2 is 2.10 bits per heavy atom. The van der Waals surface area contributed by atoms with Gasteiger partial charge < -0.3 is 14.6 Å². The molecule has 0 aliphatic carbocycles. The number of nitrogens with zero attached hydrogens (tertiary/aromatic N) is 4. The second-order valence-corrected chi connectivity index (χ2v) is 5.01. The maximum absolute atomic E-state index is 5.09. The molecule has 0 aromatic carbocycles. The summed E-state index contributed by atoms with van der Waals surface area (Å²) in [6.07, 6.45) is 5.08. The minimum Gasteiger partial charge on any atom is -0.385 e. The number of methoxy groups -OCH3 is 1. The molecule has 0 saturated heterocycles. The van der Waals surface area contributed by atoms with Gasteiger partial charge in [-0.1, -0.05) is 0 Å². The summed E-state index contributed by atoms with van der Waals surface area (Å²) in [5.41, 5.74) is 3.26. The van der Waals surface area contributed by atoms with Gasteiger partial charge in [-0.15, -0.1) is 0 Å². The molecule has 2 aromatic heterocycles. The number of rotatable bonds is 7. The van der Waals surface area contributed by atoms with Crippen molar-refractivity contribution in [1.29, 1.82) is 0 Å². The highest BCUT2D eigenvalue weighted by Gasteiger charge is 2.07. The van der Waals surface area contributed by atoms with Crippen LogP contribution in [0.1, 0.15) is 23.4 Å². The summed E-state index contributed by atoms with van der Waals surface area (Å²) < 4.78 is 9.07. The van der Waals surface area contributed by atoms with Gasteiger partial charge in [0.2, 0.25) is 5.95 Å². The number of imidazole rings is 1. The Hall–Kier alpha value is -1.82. The van der Waals surface area contributed by atoms with Gasteiger partial charge in [-0.3, -0.25) is 4.68 Å². The van der Waals surface area contributed by atoms with E-state index >= 15 is 0 Å². The molecule has 0 spiro atoms. The molecule has 110 valence electrons. The third kappa shape index (κ3) is 3.60. The lowest BCUT2D eigenvalue weighted by Crippen LogP contribution is -2.08. The molecule has 0 saturated carbocycles. The monoisotopic (exact) mass is 277 g/mol. The molecule has 6 nitrogen and oxygen atoms in total. The molecule has 6 heteroatoms. The molecule has 1 N–H and O–H groups in total. The summed E-state index contributed by atoms with van der Waals surface area (Å²) in [4.78, 5) is 4.52. The third-order valence-electron chi connectivity index (χ3n) is 3.20. The molecule has 2 heterocycles. The van der Waals surface area contributed by atoms with Crippen molar-refractivity contribution in [2.45, 2.75) is 33.4 Å². The summed E-state index contributed by atoms with van der Waals surface area (Å²) in [5, 5.41) is 7.73. The number of ether oxygens (including phenoxy) is 1. The van der Waals surface area contributed by atoms with Crippen LogP contribution >= 0.6 is 0 Å². The summed E-state index contributed by atoms with van der Waals surface area (Å²) in [6, 6.07) is 0. The van der Waals surface area contributed by atoms with Crippen molar-refractivity contribution in [2.75, 3.05) is 19.0 Å². The van der Waals surface area contributed by atoms with Gasteiger partial charge in [0, 0.05) is 51.8 Å². The highest BCUT2D eigenvalue weighted by molar-refractivity contribution is 5.31. The fourth-order valence-electron chi connectivity index (χ4n) is 2.23. The first-order valence-corrected chi connectivity index (χ1v) is 6.86. The highest BCUT2D eigenvalue weighted by Crippen LogP contribution is 2.12. The number of hydrogen-bond donors (Lipinski definition) is 1. The SMILES string of the molecule is COCCCn1cc(C)nc1NCc1cn(C)nc1C. The van der Waals surface area contributed by atoms with Crippen LogP contribution in [0.25, 0.3) is 0 Å². The van der Waals surface area contributed by atoms with E-state index in [-0.39, 0.29) is 0 Å². The lowest BCUT2D eigenvalue weighted by atomic mass is 10.3. The van der Waals surface area contributed by atoms with E-state index in [1.165, 1.54) is 5.56 Å². The van der Waals surface area contributed by atoms with Gasteiger partial charge in [-0.05, 0) is 20.3 Å². The zero-order valence-electron chi connectivity index (χ0n) is 12.7. The lowest BCUT2D eigenvalue weighted by Gasteiger charge is -2.09. The van der Waals surface area contributed by atoms with Crippen LogP contribution in [-0.2, 0) is 24.9 Å². The van der Waals surface area contributed by atoms with Crippen LogP contribution in [-0.4, -0.2) is 33.0 Å². The van der Waals surface area contributed by atoms with E-state index in [4.69, 9.17) is 4.74 Å². The van der Waals surface area contributed by atoms with Crippen LogP contribution in [0.4, 0.5) is 5.95 Å². The molecular weight excluding hydrogens is 254 g/mol. The predicted octanol–water partition coefficient (Wildman–Crippen LogP) is 1.88. The zero-order chi connectivity index (χ0) is 14.5. The van der Waals surface area contributed by atoms with Crippen LogP contribution in [0.15, 0.2) is 12.4 Å². The van der Waals surface area contributed by atoms with E-state index in [0.29, 0.717) is 0 Å². The molecule has 0 aliphatic heterocycles. The van der Waals surface area contributed by atoms with Crippen LogP contribution in [0.3, 0.4) is 0 Å². The molecule has 0 aliphatic rings. The number of aromatic nitrogens is 4. The van der Waals surface area contributed by atoms with Crippen LogP contribution in [0.2, 0.25) is 0 Å². The van der Waals surface area contributed by atoms with Gasteiger partial charge in [0.25, 0.3) is 0 Å². The number of anilines is 1. The largest absolute Gasteiger partial charge is 0.385 e. The highest BCUT2D eigenvalue weighted by atomic mass is 16.5. The maximum atomic E-state index is 5.09. The average molecular weight is 277 g/mol. The van der Waals surface area contributed by atoms with Crippen molar-refractivity contribution in [1.82, 2.24) is 19.3 Å². The standard InChI is InChI=1S/C14H23N5O/c1-11-9-19(6-5-7-20-4)14(16-11)15-8-13-10-18(3)17-12(13)2/h9-10H,5-8H2,1-4H3,(H,15,16). The molecule has 0 atom stereocenters. The first-order valence-electron chi connectivity index (χ1n) is 6.86. The van der Waals surface area contributed by atoms with E-state index in [1.807, 2.05) is 31.8 Å². The van der Waals surface area contributed by atoms with Crippen molar-refractivity contribution >= 4 is 5.95 Å². The first kappa shape index (κ1) is 14.6. The van der Waals surface area contributed by atoms with Gasteiger partial charge in [0.05, 0.1) is 11.4 Å². The number of aryl methyl sites for hydroxylation is 4.